The summed E-state index contributed by atoms with van der Waals surface area (Å²) in [5.74, 6) is 0.415. The topological polar surface area (TPSA) is 64.8 Å². The molecule has 6 nitrogen and oxygen atoms in total. The minimum atomic E-state index is -0.396. The number of benzene rings is 2. The zero-order valence-corrected chi connectivity index (χ0v) is 14.2. The Morgan fingerprint density at radius 1 is 1.23 bits per heavy atom. The number of halogens is 1. The van der Waals surface area contributed by atoms with E-state index in [-0.39, 0.29) is 18.3 Å². The number of ether oxygens (including phenoxy) is 2. The van der Waals surface area contributed by atoms with Crippen LogP contribution in [0.4, 0.5) is 10.1 Å². The number of nitro groups is 1. The minimum absolute atomic E-state index is 0.0364. The first-order chi connectivity index (χ1) is 12.6. The van der Waals surface area contributed by atoms with Crippen molar-refractivity contribution >= 4 is 5.69 Å². The van der Waals surface area contributed by atoms with Gasteiger partial charge in [-0.05, 0) is 30.5 Å². The fourth-order valence-corrected chi connectivity index (χ4v) is 3.35. The normalized spacial score (nSPS) is 16.2. The molecule has 0 amide bonds. The molecule has 1 fully saturated rings. The molecule has 4 rings (SSSR count). The third-order valence-electron chi connectivity index (χ3n) is 4.69. The second-order valence-corrected chi connectivity index (χ2v) is 6.73. The summed E-state index contributed by atoms with van der Waals surface area (Å²) >= 11 is 0. The van der Waals surface area contributed by atoms with Crippen molar-refractivity contribution in [2.24, 2.45) is 0 Å². The quantitative estimate of drug-likeness (QED) is 0.581. The number of fused-ring (bicyclic) bond motifs is 1. The summed E-state index contributed by atoms with van der Waals surface area (Å²) in [6.07, 6.45) is 2.16. The largest absolute Gasteiger partial charge is 0.467 e. The van der Waals surface area contributed by atoms with Gasteiger partial charge in [0.25, 0.3) is 5.69 Å². The van der Waals surface area contributed by atoms with E-state index in [9.17, 15) is 14.5 Å². The van der Waals surface area contributed by atoms with Crippen molar-refractivity contribution < 1.29 is 18.8 Å². The molecule has 7 heteroatoms. The monoisotopic (exact) mass is 358 g/mol. The van der Waals surface area contributed by atoms with E-state index in [2.05, 4.69) is 4.90 Å². The molecule has 0 unspecified atom stereocenters. The Labute approximate surface area is 150 Å². The number of hydrogen-bond acceptors (Lipinski definition) is 5. The van der Waals surface area contributed by atoms with Gasteiger partial charge in [-0.25, -0.2) is 4.39 Å². The van der Waals surface area contributed by atoms with E-state index in [1.165, 1.54) is 18.2 Å². The third-order valence-corrected chi connectivity index (χ3v) is 4.69. The van der Waals surface area contributed by atoms with Crippen LogP contribution < -0.4 is 4.74 Å². The van der Waals surface area contributed by atoms with Crippen molar-refractivity contribution in [3.63, 3.8) is 0 Å². The highest BCUT2D eigenvalue weighted by molar-refractivity contribution is 5.50. The first-order valence-corrected chi connectivity index (χ1v) is 8.59. The minimum Gasteiger partial charge on any atom is -0.467 e. The van der Waals surface area contributed by atoms with Crippen LogP contribution in [0, 0.1) is 15.9 Å². The van der Waals surface area contributed by atoms with Crippen LogP contribution in [0.1, 0.15) is 29.5 Å². The van der Waals surface area contributed by atoms with E-state index < -0.39 is 4.92 Å². The summed E-state index contributed by atoms with van der Waals surface area (Å²) in [7, 11) is 0. The van der Waals surface area contributed by atoms with Gasteiger partial charge < -0.3 is 9.47 Å². The van der Waals surface area contributed by atoms with E-state index in [1.54, 1.807) is 12.1 Å². The van der Waals surface area contributed by atoms with Crippen LogP contribution in [0.15, 0.2) is 36.4 Å². The number of nitrogens with zero attached hydrogens (tertiary/aromatic N) is 2. The standard InChI is InChI=1S/C19H19FN2O4/c20-16-3-1-2-13(6-16)9-21(17-4-5-17)10-14-7-18(22(23)24)8-15-11-25-12-26-19(14)15/h1-3,6-8,17H,4-5,9-12H2. The van der Waals surface area contributed by atoms with Crippen LogP contribution in [-0.4, -0.2) is 22.7 Å². The molecule has 0 radical (unpaired) electrons. The predicted molar refractivity (Wildman–Crippen MR) is 92.0 cm³/mol. The highest BCUT2D eigenvalue weighted by atomic mass is 19.1. The van der Waals surface area contributed by atoms with Gasteiger partial charge >= 0.3 is 0 Å². The zero-order chi connectivity index (χ0) is 18.1. The first kappa shape index (κ1) is 16.9. The van der Waals surface area contributed by atoms with Crippen LogP contribution in [-0.2, 0) is 24.4 Å². The van der Waals surface area contributed by atoms with Gasteiger partial charge in [-0.2, -0.15) is 0 Å². The number of rotatable bonds is 6. The number of nitro benzene ring substituents is 1. The predicted octanol–water partition coefficient (Wildman–Crippen LogP) is 3.77. The van der Waals surface area contributed by atoms with Crippen molar-refractivity contribution in [1.82, 2.24) is 4.90 Å². The maximum atomic E-state index is 13.5. The molecule has 0 bridgehead atoms. The molecular weight excluding hydrogens is 339 g/mol. The first-order valence-electron chi connectivity index (χ1n) is 8.59. The Morgan fingerprint density at radius 3 is 2.81 bits per heavy atom. The van der Waals surface area contributed by atoms with E-state index in [0.717, 1.165) is 24.0 Å². The molecule has 1 aliphatic heterocycles. The van der Waals surface area contributed by atoms with E-state index in [0.29, 0.717) is 37.1 Å². The van der Waals surface area contributed by atoms with Crippen LogP contribution >= 0.6 is 0 Å². The van der Waals surface area contributed by atoms with Gasteiger partial charge in [0.1, 0.15) is 11.6 Å². The van der Waals surface area contributed by atoms with E-state index in [4.69, 9.17) is 9.47 Å². The summed E-state index contributed by atoms with van der Waals surface area (Å²) in [5, 5.41) is 11.3. The molecule has 1 heterocycles. The smallest absolute Gasteiger partial charge is 0.270 e. The molecule has 2 aromatic carbocycles. The lowest BCUT2D eigenvalue weighted by Gasteiger charge is -2.26. The zero-order valence-electron chi connectivity index (χ0n) is 14.2. The molecule has 1 aliphatic carbocycles. The fourth-order valence-electron chi connectivity index (χ4n) is 3.35. The average molecular weight is 358 g/mol. The number of non-ortho nitro benzene ring substituents is 1. The van der Waals surface area contributed by atoms with Gasteiger partial charge in [0.2, 0.25) is 0 Å². The number of hydrogen-bond donors (Lipinski definition) is 0. The van der Waals surface area contributed by atoms with Gasteiger partial charge in [-0.15, -0.1) is 0 Å². The Morgan fingerprint density at radius 2 is 2.08 bits per heavy atom. The maximum Gasteiger partial charge on any atom is 0.270 e. The Bertz CT molecular complexity index is 838. The van der Waals surface area contributed by atoms with Crippen LogP contribution in [0.5, 0.6) is 5.75 Å². The van der Waals surface area contributed by atoms with Crippen LogP contribution in [0.25, 0.3) is 0 Å². The molecule has 1 saturated carbocycles. The molecule has 0 saturated heterocycles. The SMILES string of the molecule is O=[N+]([O-])c1cc2c(c(CN(Cc3cccc(F)c3)C3CC3)c1)OCOC2. The Kier molecular flexibility index (Phi) is 4.57. The molecule has 0 N–H and O–H groups in total. The van der Waals surface area contributed by atoms with Gasteiger partial charge in [-0.1, -0.05) is 12.1 Å². The summed E-state index contributed by atoms with van der Waals surface area (Å²) in [6.45, 7) is 1.56. The van der Waals surface area contributed by atoms with Gasteiger partial charge in [0, 0.05) is 42.4 Å². The van der Waals surface area contributed by atoms with Crippen LogP contribution in [0.3, 0.4) is 0 Å². The van der Waals surface area contributed by atoms with E-state index >= 15 is 0 Å². The van der Waals surface area contributed by atoms with Crippen LogP contribution in [0.2, 0.25) is 0 Å². The molecule has 2 aliphatic rings. The van der Waals surface area contributed by atoms with Gasteiger partial charge in [-0.3, -0.25) is 15.0 Å². The van der Waals surface area contributed by atoms with Crippen molar-refractivity contribution in [3.05, 3.63) is 69.0 Å². The fraction of sp³-hybridized carbons (Fsp3) is 0.368. The van der Waals surface area contributed by atoms with Crippen molar-refractivity contribution in [2.45, 2.75) is 38.6 Å². The molecule has 0 aromatic heterocycles. The maximum absolute atomic E-state index is 13.5. The molecule has 2 aromatic rings. The molecule has 26 heavy (non-hydrogen) atoms. The van der Waals surface area contributed by atoms with E-state index in [1.807, 2.05) is 6.07 Å². The summed E-state index contributed by atoms with van der Waals surface area (Å²) in [6, 6.07) is 10.0. The summed E-state index contributed by atoms with van der Waals surface area (Å²) in [5.41, 5.74) is 2.40. The van der Waals surface area contributed by atoms with Gasteiger partial charge in [0.05, 0.1) is 11.5 Å². The average Bonchev–Trinajstić information content (AvgIpc) is 3.46. The van der Waals surface area contributed by atoms with Gasteiger partial charge in [0.15, 0.2) is 6.79 Å². The highest BCUT2D eigenvalue weighted by Gasteiger charge is 2.31. The molecule has 0 atom stereocenters. The van der Waals surface area contributed by atoms with Crippen molar-refractivity contribution in [3.8, 4) is 5.75 Å². The molecule has 0 spiro atoms. The molecular formula is C19H19FN2O4. The lowest BCUT2D eigenvalue weighted by molar-refractivity contribution is -0.385. The lowest BCUT2D eigenvalue weighted by Crippen LogP contribution is -2.26. The second kappa shape index (κ2) is 7.01. The summed E-state index contributed by atoms with van der Waals surface area (Å²) < 4.78 is 24.4. The highest BCUT2D eigenvalue weighted by Crippen LogP contribution is 2.36. The Hall–Kier alpha value is -2.51. The lowest BCUT2D eigenvalue weighted by atomic mass is 10.1. The summed E-state index contributed by atoms with van der Waals surface area (Å²) in [4.78, 5) is 13.1. The Balaban J connectivity index is 1.63. The second-order valence-electron chi connectivity index (χ2n) is 6.73. The third kappa shape index (κ3) is 3.68. The van der Waals surface area contributed by atoms with Crippen molar-refractivity contribution in [1.29, 1.82) is 0 Å². The molecule has 136 valence electrons. The van der Waals surface area contributed by atoms with Crippen molar-refractivity contribution in [2.75, 3.05) is 6.79 Å².